The van der Waals surface area contributed by atoms with Crippen LogP contribution in [0.25, 0.3) is 6.08 Å². The molecule has 0 fully saturated rings. The van der Waals surface area contributed by atoms with Crippen molar-refractivity contribution in [3.63, 3.8) is 0 Å². The first-order valence-corrected chi connectivity index (χ1v) is 4.54. The fourth-order valence-electron chi connectivity index (χ4n) is 1.20. The number of alkyl halides is 2. The summed E-state index contributed by atoms with van der Waals surface area (Å²) in [7, 11) is 0. The highest BCUT2D eigenvalue weighted by Crippen LogP contribution is 2.26. The summed E-state index contributed by atoms with van der Waals surface area (Å²) < 4.78 is 41.5. The number of benzene rings is 1. The van der Waals surface area contributed by atoms with Crippen LogP contribution in [0.4, 0.5) is 13.2 Å². The molecule has 7 heteroatoms. The van der Waals surface area contributed by atoms with Gasteiger partial charge in [-0.3, -0.25) is 0 Å². The van der Waals surface area contributed by atoms with E-state index in [1.807, 2.05) is 0 Å². The van der Waals surface area contributed by atoms with Gasteiger partial charge in [0.05, 0.1) is 0 Å². The number of nitrogens with zero attached hydrogens (tertiary/aromatic N) is 1. The second-order valence-corrected chi connectivity index (χ2v) is 3.00. The van der Waals surface area contributed by atoms with Gasteiger partial charge in [0.1, 0.15) is 23.2 Å². The van der Waals surface area contributed by atoms with Gasteiger partial charge in [-0.1, -0.05) is 0 Å². The quantitative estimate of drug-likeness (QED) is 0.841. The van der Waals surface area contributed by atoms with Crippen molar-refractivity contribution in [2.24, 2.45) is 0 Å². The van der Waals surface area contributed by atoms with Crippen molar-refractivity contribution in [1.82, 2.24) is 0 Å². The average molecular weight is 257 g/mol. The van der Waals surface area contributed by atoms with Crippen LogP contribution in [0.15, 0.2) is 18.2 Å². The summed E-state index contributed by atoms with van der Waals surface area (Å²) >= 11 is 0. The Balaban J connectivity index is 3.31. The predicted octanol–water partition coefficient (Wildman–Crippen LogP) is 2.40. The van der Waals surface area contributed by atoms with Crippen molar-refractivity contribution < 1.29 is 27.8 Å². The van der Waals surface area contributed by atoms with Crippen LogP contribution in [0.5, 0.6) is 5.75 Å². The lowest BCUT2D eigenvalue weighted by molar-refractivity contribution is -0.131. The van der Waals surface area contributed by atoms with E-state index in [9.17, 15) is 18.0 Å². The topological polar surface area (TPSA) is 70.3 Å². The minimum Gasteiger partial charge on any atom is -0.478 e. The lowest BCUT2D eigenvalue weighted by Crippen LogP contribution is -2.05. The van der Waals surface area contributed by atoms with Gasteiger partial charge in [-0.15, -0.1) is 0 Å². The number of aliphatic carboxylic acids is 1. The maximum atomic E-state index is 13.4. The highest BCUT2D eigenvalue weighted by Gasteiger charge is 2.15. The zero-order valence-electron chi connectivity index (χ0n) is 8.73. The standard InChI is InChI=1S/C11H6F3NO3/c12-8-2-3-9(18-11(13)14)7(5-15)6(8)1-4-10(16)17/h1-4,11H,(H,16,17)/b4-1+. The van der Waals surface area contributed by atoms with Crippen LogP contribution in [0.1, 0.15) is 11.1 Å². The van der Waals surface area contributed by atoms with Gasteiger partial charge in [0.25, 0.3) is 0 Å². The molecule has 0 amide bonds. The van der Waals surface area contributed by atoms with Gasteiger partial charge < -0.3 is 9.84 Å². The Kier molecular flexibility index (Phi) is 4.32. The number of carboxylic acid groups (broad SMARTS) is 1. The first-order chi connectivity index (χ1) is 8.45. The molecule has 0 aliphatic rings. The van der Waals surface area contributed by atoms with E-state index in [1.165, 1.54) is 6.07 Å². The van der Waals surface area contributed by atoms with Crippen molar-refractivity contribution >= 4 is 12.0 Å². The molecule has 0 aliphatic heterocycles. The van der Waals surface area contributed by atoms with E-state index in [0.717, 1.165) is 18.2 Å². The summed E-state index contributed by atoms with van der Waals surface area (Å²) in [5.74, 6) is -2.79. The smallest absolute Gasteiger partial charge is 0.387 e. The van der Waals surface area contributed by atoms with E-state index < -0.39 is 35.3 Å². The van der Waals surface area contributed by atoms with Crippen molar-refractivity contribution in [2.75, 3.05) is 0 Å². The third kappa shape index (κ3) is 3.25. The third-order valence-electron chi connectivity index (χ3n) is 1.87. The number of hydrogen-bond acceptors (Lipinski definition) is 3. The molecule has 0 unspecified atom stereocenters. The van der Waals surface area contributed by atoms with Gasteiger partial charge in [0.15, 0.2) is 0 Å². The highest BCUT2D eigenvalue weighted by molar-refractivity contribution is 5.86. The average Bonchev–Trinajstić information content (AvgIpc) is 2.28. The summed E-state index contributed by atoms with van der Waals surface area (Å²) in [6.45, 7) is -3.17. The molecule has 0 radical (unpaired) electrons. The second-order valence-electron chi connectivity index (χ2n) is 3.00. The normalized spacial score (nSPS) is 10.6. The second kappa shape index (κ2) is 5.72. The first-order valence-electron chi connectivity index (χ1n) is 4.54. The number of halogens is 3. The molecule has 18 heavy (non-hydrogen) atoms. The Bertz CT molecular complexity index is 535. The minimum atomic E-state index is -3.17. The van der Waals surface area contributed by atoms with E-state index in [0.29, 0.717) is 6.08 Å². The molecular formula is C11H6F3NO3. The van der Waals surface area contributed by atoms with Crippen LogP contribution in [0.2, 0.25) is 0 Å². The molecule has 1 N–H and O–H groups in total. The van der Waals surface area contributed by atoms with E-state index in [1.54, 1.807) is 0 Å². The van der Waals surface area contributed by atoms with Gasteiger partial charge in [0.2, 0.25) is 0 Å². The summed E-state index contributed by atoms with van der Waals surface area (Å²) in [5.41, 5.74) is -0.911. The van der Waals surface area contributed by atoms with E-state index in [4.69, 9.17) is 10.4 Å². The molecule has 0 heterocycles. The van der Waals surface area contributed by atoms with Crippen molar-refractivity contribution in [3.8, 4) is 11.8 Å². The molecular weight excluding hydrogens is 251 g/mol. The van der Waals surface area contributed by atoms with Crippen LogP contribution in [0, 0.1) is 17.1 Å². The van der Waals surface area contributed by atoms with Crippen LogP contribution < -0.4 is 4.74 Å². The number of nitriles is 1. The fraction of sp³-hybridized carbons (Fsp3) is 0.0909. The molecule has 0 bridgehead atoms. The minimum absolute atomic E-state index is 0.418. The third-order valence-corrected chi connectivity index (χ3v) is 1.87. The van der Waals surface area contributed by atoms with Crippen molar-refractivity contribution in [2.45, 2.75) is 6.61 Å². The molecule has 0 aliphatic carbocycles. The van der Waals surface area contributed by atoms with Crippen molar-refractivity contribution in [3.05, 3.63) is 35.2 Å². The molecule has 4 nitrogen and oxygen atoms in total. The number of carboxylic acids is 1. The van der Waals surface area contributed by atoms with Gasteiger partial charge >= 0.3 is 12.6 Å². The lowest BCUT2D eigenvalue weighted by atomic mass is 10.1. The monoisotopic (exact) mass is 257 g/mol. The molecule has 0 atom stereocenters. The predicted molar refractivity (Wildman–Crippen MR) is 54.4 cm³/mol. The van der Waals surface area contributed by atoms with Gasteiger partial charge in [0, 0.05) is 11.6 Å². The summed E-state index contributed by atoms with van der Waals surface area (Å²) in [5, 5.41) is 17.2. The molecule has 0 saturated heterocycles. The largest absolute Gasteiger partial charge is 0.478 e. The Hall–Kier alpha value is -2.49. The lowest BCUT2D eigenvalue weighted by Gasteiger charge is -2.08. The Morgan fingerprint density at radius 1 is 1.50 bits per heavy atom. The zero-order chi connectivity index (χ0) is 13.7. The maximum absolute atomic E-state index is 13.4. The molecule has 1 aromatic rings. The number of rotatable bonds is 4. The number of carbonyl (C=O) groups is 1. The van der Waals surface area contributed by atoms with Gasteiger partial charge in [-0.05, 0) is 18.2 Å². The fourth-order valence-corrected chi connectivity index (χ4v) is 1.20. The summed E-state index contributed by atoms with van der Waals surface area (Å²) in [6, 6.07) is 3.17. The Labute approximate surface area is 99.5 Å². The Morgan fingerprint density at radius 3 is 2.67 bits per heavy atom. The zero-order valence-corrected chi connectivity index (χ0v) is 8.73. The molecule has 1 aromatic carbocycles. The molecule has 94 valence electrons. The molecule has 0 saturated carbocycles. The number of ether oxygens (including phenoxy) is 1. The Morgan fingerprint density at radius 2 is 2.17 bits per heavy atom. The number of hydrogen-bond donors (Lipinski definition) is 1. The molecule has 0 spiro atoms. The van der Waals surface area contributed by atoms with E-state index in [-0.39, 0.29) is 0 Å². The van der Waals surface area contributed by atoms with Gasteiger partial charge in [-0.2, -0.15) is 14.0 Å². The highest BCUT2D eigenvalue weighted by atomic mass is 19.3. The van der Waals surface area contributed by atoms with E-state index in [2.05, 4.69) is 4.74 Å². The SMILES string of the molecule is N#Cc1c(OC(F)F)ccc(F)c1/C=C/C(=O)O. The van der Waals surface area contributed by atoms with Crippen molar-refractivity contribution in [1.29, 1.82) is 5.26 Å². The van der Waals surface area contributed by atoms with Crippen LogP contribution in [-0.2, 0) is 4.79 Å². The van der Waals surface area contributed by atoms with Crippen LogP contribution in [-0.4, -0.2) is 17.7 Å². The summed E-state index contributed by atoms with van der Waals surface area (Å²) in [4.78, 5) is 10.3. The molecule has 0 aromatic heterocycles. The van der Waals surface area contributed by atoms with Crippen LogP contribution >= 0.6 is 0 Å². The first kappa shape index (κ1) is 13.6. The van der Waals surface area contributed by atoms with Crippen LogP contribution in [0.3, 0.4) is 0 Å². The van der Waals surface area contributed by atoms with Gasteiger partial charge in [-0.25, -0.2) is 9.18 Å². The summed E-state index contributed by atoms with van der Waals surface area (Å²) in [6.07, 6.45) is 1.39. The van der Waals surface area contributed by atoms with E-state index >= 15 is 0 Å². The maximum Gasteiger partial charge on any atom is 0.387 e. The molecule has 1 rings (SSSR count).